The van der Waals surface area contributed by atoms with Crippen LogP contribution in [0.4, 0.5) is 0 Å². The van der Waals surface area contributed by atoms with Gasteiger partial charge in [-0.15, -0.1) is 0 Å². The highest BCUT2D eigenvalue weighted by atomic mass is 16.2. The van der Waals surface area contributed by atoms with E-state index in [0.29, 0.717) is 13.0 Å². The minimum absolute atomic E-state index is 0.0806. The fourth-order valence-electron chi connectivity index (χ4n) is 2.12. The number of amides is 2. The van der Waals surface area contributed by atoms with Gasteiger partial charge < -0.3 is 10.2 Å². The van der Waals surface area contributed by atoms with Crippen LogP contribution in [0, 0.1) is 6.92 Å². The molecule has 0 aliphatic carbocycles. The molecular weight excluding hydrogens is 256 g/mol. The normalized spacial score (nSPS) is 10.5. The van der Waals surface area contributed by atoms with E-state index in [0.717, 1.165) is 23.2 Å². The van der Waals surface area contributed by atoms with Crippen molar-refractivity contribution >= 4 is 17.8 Å². The van der Waals surface area contributed by atoms with Crippen molar-refractivity contribution < 1.29 is 9.59 Å². The first-order chi connectivity index (χ1) is 9.61. The van der Waals surface area contributed by atoms with Gasteiger partial charge in [0, 0.05) is 25.4 Å². The van der Waals surface area contributed by atoms with Crippen LogP contribution in [0.15, 0.2) is 24.4 Å². The Bertz CT molecular complexity index is 621. The van der Waals surface area contributed by atoms with Crippen molar-refractivity contribution in [2.45, 2.75) is 13.3 Å². The van der Waals surface area contributed by atoms with Crippen molar-refractivity contribution in [2.24, 2.45) is 0 Å². The zero-order chi connectivity index (χ0) is 14.5. The fourth-order valence-corrected chi connectivity index (χ4v) is 2.12. The van der Waals surface area contributed by atoms with Crippen LogP contribution in [0.3, 0.4) is 0 Å². The van der Waals surface area contributed by atoms with Gasteiger partial charge in [-0.25, -0.2) is 4.52 Å². The van der Waals surface area contributed by atoms with Crippen LogP contribution >= 0.6 is 0 Å². The number of likely N-dealkylation sites (N-methyl/N-ethyl adjacent to an activating group) is 1. The van der Waals surface area contributed by atoms with Crippen LogP contribution in [0.1, 0.15) is 11.3 Å². The molecule has 0 aliphatic heterocycles. The molecule has 106 valence electrons. The summed E-state index contributed by atoms with van der Waals surface area (Å²) < 4.78 is 1.84. The van der Waals surface area contributed by atoms with Gasteiger partial charge in [-0.1, -0.05) is 6.07 Å². The third-order valence-corrected chi connectivity index (χ3v) is 3.11. The van der Waals surface area contributed by atoms with Crippen LogP contribution in [0.25, 0.3) is 5.52 Å². The first-order valence-electron chi connectivity index (χ1n) is 6.47. The van der Waals surface area contributed by atoms with E-state index in [-0.39, 0.29) is 12.5 Å². The standard InChI is InChI=1S/C14H18N4O2/c1-11-12(13-5-3-4-8-18(13)16-11)6-7-15-14(20)9-17(2)10-19/h3-5,8,10H,6-7,9H2,1-2H3,(H,15,20). The molecule has 0 aliphatic rings. The van der Waals surface area contributed by atoms with Crippen molar-refractivity contribution in [1.82, 2.24) is 19.8 Å². The number of nitrogens with one attached hydrogen (secondary N) is 1. The Balaban J connectivity index is 1.95. The van der Waals surface area contributed by atoms with Crippen LogP contribution in [0.5, 0.6) is 0 Å². The fraction of sp³-hybridized carbons (Fsp3) is 0.357. The van der Waals surface area contributed by atoms with Crippen LogP contribution in [-0.4, -0.2) is 47.0 Å². The van der Waals surface area contributed by atoms with Crippen LogP contribution in [-0.2, 0) is 16.0 Å². The van der Waals surface area contributed by atoms with Gasteiger partial charge in [-0.2, -0.15) is 5.10 Å². The maximum atomic E-state index is 11.6. The Kier molecular flexibility index (Phi) is 4.34. The molecule has 0 spiro atoms. The molecule has 0 unspecified atom stereocenters. The van der Waals surface area contributed by atoms with Gasteiger partial charge in [0.15, 0.2) is 0 Å². The van der Waals surface area contributed by atoms with Crippen LogP contribution in [0.2, 0.25) is 0 Å². The summed E-state index contributed by atoms with van der Waals surface area (Å²) in [5, 5.41) is 7.22. The number of carbonyl (C=O) groups is 2. The Morgan fingerprint density at radius 2 is 2.30 bits per heavy atom. The summed E-state index contributed by atoms with van der Waals surface area (Å²) >= 11 is 0. The lowest BCUT2D eigenvalue weighted by atomic mass is 10.1. The summed E-state index contributed by atoms with van der Waals surface area (Å²) in [6, 6.07) is 5.91. The second-order valence-electron chi connectivity index (χ2n) is 4.71. The molecule has 20 heavy (non-hydrogen) atoms. The molecule has 0 fully saturated rings. The van der Waals surface area contributed by atoms with E-state index in [1.807, 2.05) is 35.8 Å². The Hall–Kier alpha value is -2.37. The molecule has 0 aromatic carbocycles. The molecule has 6 nitrogen and oxygen atoms in total. The number of fused-ring (bicyclic) bond motifs is 1. The molecule has 0 radical (unpaired) electrons. The average molecular weight is 274 g/mol. The molecule has 6 heteroatoms. The zero-order valence-corrected chi connectivity index (χ0v) is 11.7. The van der Waals surface area contributed by atoms with Gasteiger partial charge >= 0.3 is 0 Å². The minimum atomic E-state index is -0.159. The lowest BCUT2D eigenvalue weighted by Gasteiger charge is -2.10. The molecule has 2 rings (SSSR count). The van der Waals surface area contributed by atoms with E-state index >= 15 is 0 Å². The summed E-state index contributed by atoms with van der Waals surface area (Å²) in [5.41, 5.74) is 3.16. The van der Waals surface area contributed by atoms with Crippen molar-refractivity contribution in [3.05, 3.63) is 35.7 Å². The minimum Gasteiger partial charge on any atom is -0.354 e. The Morgan fingerprint density at radius 3 is 3.05 bits per heavy atom. The maximum Gasteiger partial charge on any atom is 0.239 e. The Morgan fingerprint density at radius 1 is 1.50 bits per heavy atom. The number of hydrogen-bond acceptors (Lipinski definition) is 3. The van der Waals surface area contributed by atoms with Gasteiger partial charge in [0.05, 0.1) is 17.8 Å². The highest BCUT2D eigenvalue weighted by Gasteiger charge is 2.09. The van der Waals surface area contributed by atoms with E-state index in [1.54, 1.807) is 7.05 Å². The average Bonchev–Trinajstić information content (AvgIpc) is 2.75. The van der Waals surface area contributed by atoms with Gasteiger partial charge in [-0.3, -0.25) is 9.59 Å². The summed E-state index contributed by atoms with van der Waals surface area (Å²) in [5.74, 6) is -0.159. The predicted octanol–water partition coefficient (Wildman–Crippen LogP) is 0.390. The third-order valence-electron chi connectivity index (χ3n) is 3.11. The van der Waals surface area contributed by atoms with Gasteiger partial charge in [-0.05, 0) is 25.5 Å². The molecule has 0 saturated heterocycles. The number of nitrogens with zero attached hydrogens (tertiary/aromatic N) is 3. The van der Waals surface area contributed by atoms with Crippen molar-refractivity contribution in [2.75, 3.05) is 20.1 Å². The Labute approximate surface area is 117 Å². The topological polar surface area (TPSA) is 66.7 Å². The molecule has 2 aromatic rings. The van der Waals surface area contributed by atoms with Crippen molar-refractivity contribution in [1.29, 1.82) is 0 Å². The summed E-state index contributed by atoms with van der Waals surface area (Å²) in [6.45, 7) is 2.57. The van der Waals surface area contributed by atoms with Crippen molar-refractivity contribution in [3.63, 3.8) is 0 Å². The summed E-state index contributed by atoms with van der Waals surface area (Å²) in [7, 11) is 1.57. The molecular formula is C14H18N4O2. The lowest BCUT2D eigenvalue weighted by Crippen LogP contribution is -2.35. The molecule has 2 heterocycles. The smallest absolute Gasteiger partial charge is 0.239 e. The number of aryl methyl sites for hydroxylation is 1. The zero-order valence-electron chi connectivity index (χ0n) is 11.7. The first-order valence-corrected chi connectivity index (χ1v) is 6.47. The number of hydrogen-bond donors (Lipinski definition) is 1. The van der Waals surface area contributed by atoms with Gasteiger partial charge in [0.25, 0.3) is 0 Å². The molecule has 2 aromatic heterocycles. The van der Waals surface area contributed by atoms with Gasteiger partial charge in [0.2, 0.25) is 12.3 Å². The van der Waals surface area contributed by atoms with Crippen molar-refractivity contribution in [3.8, 4) is 0 Å². The van der Waals surface area contributed by atoms with Crippen LogP contribution < -0.4 is 5.32 Å². The maximum absolute atomic E-state index is 11.6. The summed E-state index contributed by atoms with van der Waals surface area (Å²) in [6.07, 6.45) is 3.26. The second-order valence-corrected chi connectivity index (χ2v) is 4.71. The van der Waals surface area contributed by atoms with E-state index in [1.165, 1.54) is 4.90 Å². The van der Waals surface area contributed by atoms with E-state index in [9.17, 15) is 9.59 Å². The highest BCUT2D eigenvalue weighted by Crippen LogP contribution is 2.14. The molecule has 0 saturated carbocycles. The summed E-state index contributed by atoms with van der Waals surface area (Å²) in [4.78, 5) is 23.3. The SMILES string of the molecule is Cc1nn2ccccc2c1CCNC(=O)CN(C)C=O. The number of pyridine rings is 1. The highest BCUT2D eigenvalue weighted by molar-refractivity contribution is 5.79. The van der Waals surface area contributed by atoms with E-state index < -0.39 is 0 Å². The second kappa shape index (κ2) is 6.18. The number of carbonyl (C=O) groups excluding carboxylic acids is 2. The predicted molar refractivity (Wildman–Crippen MR) is 75.3 cm³/mol. The monoisotopic (exact) mass is 274 g/mol. The number of aromatic nitrogens is 2. The molecule has 2 amide bonds. The lowest BCUT2D eigenvalue weighted by molar-refractivity contribution is -0.127. The quantitative estimate of drug-likeness (QED) is 0.775. The first kappa shape index (κ1) is 14.0. The third kappa shape index (κ3) is 3.14. The molecule has 0 atom stereocenters. The van der Waals surface area contributed by atoms with E-state index in [2.05, 4.69) is 10.4 Å². The largest absolute Gasteiger partial charge is 0.354 e. The van der Waals surface area contributed by atoms with E-state index in [4.69, 9.17) is 0 Å². The number of rotatable bonds is 6. The molecule has 0 bridgehead atoms. The molecule has 1 N–H and O–H groups in total. The van der Waals surface area contributed by atoms with Gasteiger partial charge in [0.1, 0.15) is 0 Å².